The lowest BCUT2D eigenvalue weighted by Crippen LogP contribution is -2.14. The molecule has 0 amide bonds. The number of hydrogen-bond donors (Lipinski definition) is 2. The fraction of sp³-hybridized carbons (Fsp3) is 0.333. The largest absolute Gasteiger partial charge is 0.394 e. The topological polar surface area (TPSA) is 46.2 Å². The van der Waals surface area contributed by atoms with Crippen molar-refractivity contribution < 1.29 is 5.11 Å². The molecule has 0 saturated carbocycles. The monoisotopic (exact) mass is 265 g/mol. The summed E-state index contributed by atoms with van der Waals surface area (Å²) in [6, 6.07) is 5.57. The van der Waals surface area contributed by atoms with Gasteiger partial charge in [-0.15, -0.1) is 12.4 Å². The molecule has 1 atom stereocenters. The van der Waals surface area contributed by atoms with Crippen molar-refractivity contribution in [2.75, 3.05) is 6.61 Å². The zero-order valence-corrected chi connectivity index (χ0v) is 9.73. The molecule has 0 fully saturated rings. The first-order valence-electron chi connectivity index (χ1n) is 3.77. The van der Waals surface area contributed by atoms with Crippen LogP contribution < -0.4 is 5.73 Å². The van der Waals surface area contributed by atoms with E-state index in [1.807, 2.05) is 25.1 Å². The SMILES string of the molecule is Cc1cc([C@@H](N)CO)ccc1Br.Cl. The zero-order valence-electron chi connectivity index (χ0n) is 7.33. The van der Waals surface area contributed by atoms with E-state index in [2.05, 4.69) is 15.9 Å². The molecule has 0 saturated heterocycles. The van der Waals surface area contributed by atoms with Crippen LogP contribution in [0.5, 0.6) is 0 Å². The molecule has 1 aromatic carbocycles. The Hall–Kier alpha value is -0.0900. The van der Waals surface area contributed by atoms with Crippen LogP contribution >= 0.6 is 28.3 Å². The number of halogens is 2. The lowest BCUT2D eigenvalue weighted by Gasteiger charge is -2.09. The van der Waals surface area contributed by atoms with Crippen LogP contribution in [0.2, 0.25) is 0 Å². The maximum Gasteiger partial charge on any atom is 0.0624 e. The maximum absolute atomic E-state index is 8.81. The van der Waals surface area contributed by atoms with Crippen LogP contribution in [-0.2, 0) is 0 Å². The Morgan fingerprint density at radius 1 is 1.54 bits per heavy atom. The molecule has 0 aliphatic heterocycles. The van der Waals surface area contributed by atoms with Gasteiger partial charge in [0.15, 0.2) is 0 Å². The van der Waals surface area contributed by atoms with Crippen LogP contribution in [0, 0.1) is 6.92 Å². The molecular weight excluding hydrogens is 253 g/mol. The lowest BCUT2D eigenvalue weighted by atomic mass is 10.1. The van der Waals surface area contributed by atoms with E-state index in [4.69, 9.17) is 10.8 Å². The molecule has 13 heavy (non-hydrogen) atoms. The summed E-state index contributed by atoms with van der Waals surface area (Å²) in [4.78, 5) is 0. The first-order chi connectivity index (χ1) is 5.65. The first kappa shape index (κ1) is 12.9. The second-order valence-corrected chi connectivity index (χ2v) is 3.65. The van der Waals surface area contributed by atoms with Gasteiger partial charge in [-0.1, -0.05) is 28.1 Å². The van der Waals surface area contributed by atoms with E-state index >= 15 is 0 Å². The molecule has 0 aliphatic rings. The van der Waals surface area contributed by atoms with Crippen LogP contribution in [-0.4, -0.2) is 11.7 Å². The van der Waals surface area contributed by atoms with Crippen molar-refractivity contribution in [3.63, 3.8) is 0 Å². The highest BCUT2D eigenvalue weighted by Gasteiger charge is 2.04. The maximum atomic E-state index is 8.81. The van der Waals surface area contributed by atoms with Crippen molar-refractivity contribution in [3.8, 4) is 0 Å². The number of aliphatic hydroxyl groups excluding tert-OH is 1. The smallest absolute Gasteiger partial charge is 0.0624 e. The molecule has 0 spiro atoms. The predicted molar refractivity (Wildman–Crippen MR) is 60.1 cm³/mol. The standard InChI is InChI=1S/C9H12BrNO.ClH/c1-6-4-7(9(11)5-12)2-3-8(6)10;/h2-4,9,12H,5,11H2,1H3;1H/t9-;/m0./s1. The number of nitrogens with two attached hydrogens (primary N) is 1. The van der Waals surface area contributed by atoms with E-state index in [0.717, 1.165) is 15.6 Å². The molecule has 0 aliphatic carbocycles. The molecule has 0 unspecified atom stereocenters. The lowest BCUT2D eigenvalue weighted by molar-refractivity contribution is 0.268. The van der Waals surface area contributed by atoms with Gasteiger partial charge in [-0.05, 0) is 24.1 Å². The van der Waals surface area contributed by atoms with E-state index < -0.39 is 0 Å². The molecular formula is C9H13BrClNO. The highest BCUT2D eigenvalue weighted by molar-refractivity contribution is 9.10. The second kappa shape index (κ2) is 5.60. The van der Waals surface area contributed by atoms with Crippen molar-refractivity contribution in [3.05, 3.63) is 33.8 Å². The minimum absolute atomic E-state index is 0. The van der Waals surface area contributed by atoms with Crippen molar-refractivity contribution in [2.24, 2.45) is 5.73 Å². The van der Waals surface area contributed by atoms with Crippen LogP contribution in [0.1, 0.15) is 17.2 Å². The van der Waals surface area contributed by atoms with Gasteiger partial charge >= 0.3 is 0 Å². The van der Waals surface area contributed by atoms with Crippen molar-refractivity contribution >= 4 is 28.3 Å². The highest BCUT2D eigenvalue weighted by Crippen LogP contribution is 2.19. The highest BCUT2D eigenvalue weighted by atomic mass is 79.9. The normalized spacial score (nSPS) is 12.0. The van der Waals surface area contributed by atoms with Gasteiger partial charge in [-0.25, -0.2) is 0 Å². The Balaban J connectivity index is 0.00000144. The number of aryl methyl sites for hydroxylation is 1. The fourth-order valence-corrected chi connectivity index (χ4v) is 1.25. The predicted octanol–water partition coefficient (Wildman–Crippen LogP) is 2.17. The molecule has 3 N–H and O–H groups in total. The van der Waals surface area contributed by atoms with E-state index in [-0.39, 0.29) is 25.1 Å². The third kappa shape index (κ3) is 3.27. The van der Waals surface area contributed by atoms with Crippen LogP contribution in [0.4, 0.5) is 0 Å². The molecule has 0 aromatic heterocycles. The average molecular weight is 267 g/mol. The molecule has 4 heteroatoms. The summed E-state index contributed by atoms with van der Waals surface area (Å²) in [5.74, 6) is 0. The summed E-state index contributed by atoms with van der Waals surface area (Å²) in [6.45, 7) is 1.98. The molecule has 0 bridgehead atoms. The Kier molecular flexibility index (Phi) is 5.56. The molecule has 2 nitrogen and oxygen atoms in total. The summed E-state index contributed by atoms with van der Waals surface area (Å²) in [5.41, 5.74) is 7.75. The van der Waals surface area contributed by atoms with Crippen LogP contribution in [0.3, 0.4) is 0 Å². The van der Waals surface area contributed by atoms with Crippen LogP contribution in [0.25, 0.3) is 0 Å². The summed E-state index contributed by atoms with van der Waals surface area (Å²) in [6.07, 6.45) is 0. The second-order valence-electron chi connectivity index (χ2n) is 2.80. The average Bonchev–Trinajstić information content (AvgIpc) is 2.08. The van der Waals surface area contributed by atoms with E-state index in [1.165, 1.54) is 0 Å². The first-order valence-corrected chi connectivity index (χ1v) is 4.57. The summed E-state index contributed by atoms with van der Waals surface area (Å²) in [7, 11) is 0. The van der Waals surface area contributed by atoms with Crippen molar-refractivity contribution in [1.29, 1.82) is 0 Å². The van der Waals surface area contributed by atoms with E-state index in [1.54, 1.807) is 0 Å². The summed E-state index contributed by atoms with van der Waals surface area (Å²) in [5, 5.41) is 8.81. The Morgan fingerprint density at radius 3 is 2.62 bits per heavy atom. The number of hydrogen-bond acceptors (Lipinski definition) is 2. The summed E-state index contributed by atoms with van der Waals surface area (Å²) >= 11 is 3.40. The molecule has 74 valence electrons. The van der Waals surface area contributed by atoms with Gasteiger partial charge in [0.2, 0.25) is 0 Å². The van der Waals surface area contributed by atoms with E-state index in [9.17, 15) is 0 Å². The van der Waals surface area contributed by atoms with Gasteiger partial charge in [0.05, 0.1) is 12.6 Å². The minimum Gasteiger partial charge on any atom is -0.394 e. The van der Waals surface area contributed by atoms with Gasteiger partial charge in [0.25, 0.3) is 0 Å². The van der Waals surface area contributed by atoms with Gasteiger partial charge in [-0.2, -0.15) is 0 Å². The minimum atomic E-state index is -0.267. The van der Waals surface area contributed by atoms with E-state index in [0.29, 0.717) is 0 Å². The Bertz CT molecular complexity index is 280. The molecule has 1 rings (SSSR count). The van der Waals surface area contributed by atoms with Gasteiger partial charge in [0, 0.05) is 4.47 Å². The fourth-order valence-electron chi connectivity index (χ4n) is 1.00. The Labute approximate surface area is 92.7 Å². The Morgan fingerprint density at radius 2 is 2.15 bits per heavy atom. The number of rotatable bonds is 2. The molecule has 1 aromatic rings. The third-order valence-corrected chi connectivity index (χ3v) is 2.70. The van der Waals surface area contributed by atoms with Gasteiger partial charge in [0.1, 0.15) is 0 Å². The number of aliphatic hydroxyl groups is 1. The third-order valence-electron chi connectivity index (χ3n) is 1.81. The molecule has 0 heterocycles. The zero-order chi connectivity index (χ0) is 9.14. The van der Waals surface area contributed by atoms with Crippen molar-refractivity contribution in [2.45, 2.75) is 13.0 Å². The van der Waals surface area contributed by atoms with Gasteiger partial charge < -0.3 is 10.8 Å². The molecule has 0 radical (unpaired) electrons. The van der Waals surface area contributed by atoms with Gasteiger partial charge in [-0.3, -0.25) is 0 Å². The van der Waals surface area contributed by atoms with Crippen LogP contribution in [0.15, 0.2) is 22.7 Å². The number of benzene rings is 1. The summed E-state index contributed by atoms with van der Waals surface area (Å²) < 4.78 is 1.07. The quantitative estimate of drug-likeness (QED) is 0.862. The van der Waals surface area contributed by atoms with Crippen molar-refractivity contribution in [1.82, 2.24) is 0 Å².